The number of nitrogens with one attached hydrogen (secondary N) is 2. The first-order valence-electron chi connectivity index (χ1n) is 7.62. The number of hydrogen-bond donors (Lipinski definition) is 2. The summed E-state index contributed by atoms with van der Waals surface area (Å²) in [6.07, 6.45) is 8.43. The molecule has 0 atom stereocenters. The van der Waals surface area contributed by atoms with Crippen molar-refractivity contribution in [2.45, 2.75) is 50.7 Å². The highest BCUT2D eigenvalue weighted by molar-refractivity contribution is 8.00. The van der Waals surface area contributed by atoms with Crippen LogP contribution in [-0.4, -0.2) is 34.1 Å². The molecule has 1 fully saturated rings. The van der Waals surface area contributed by atoms with Crippen molar-refractivity contribution >= 4 is 23.4 Å². The van der Waals surface area contributed by atoms with Crippen molar-refractivity contribution in [1.82, 2.24) is 9.97 Å². The Morgan fingerprint density at radius 1 is 1.15 bits per heavy atom. The number of anilines is 2. The van der Waals surface area contributed by atoms with E-state index in [9.17, 15) is 0 Å². The third-order valence-corrected chi connectivity index (χ3v) is 5.40. The van der Waals surface area contributed by atoms with Crippen LogP contribution in [0.5, 0.6) is 0 Å². The molecule has 1 heterocycles. The van der Waals surface area contributed by atoms with Crippen LogP contribution in [-0.2, 0) is 6.42 Å². The van der Waals surface area contributed by atoms with Crippen molar-refractivity contribution in [1.29, 1.82) is 0 Å². The first-order valence-corrected chi connectivity index (χ1v) is 8.84. The van der Waals surface area contributed by atoms with Crippen molar-refractivity contribution in [3.8, 4) is 0 Å². The van der Waals surface area contributed by atoms with Crippen molar-refractivity contribution in [2.24, 2.45) is 0 Å². The minimum absolute atomic E-state index is 0.398. The SMILES string of the molecule is CCNc1cc(NCC2(SC)CCCC2)nc(CC)n1. The zero-order chi connectivity index (χ0) is 14.4. The average Bonchev–Trinajstić information content (AvgIpc) is 2.95. The summed E-state index contributed by atoms with van der Waals surface area (Å²) < 4.78 is 0.398. The average molecular weight is 294 g/mol. The second-order valence-corrected chi connectivity index (χ2v) is 6.66. The summed E-state index contributed by atoms with van der Waals surface area (Å²) in [4.78, 5) is 9.08. The molecule has 2 N–H and O–H groups in total. The van der Waals surface area contributed by atoms with E-state index in [1.165, 1.54) is 25.7 Å². The predicted molar refractivity (Wildman–Crippen MR) is 88.8 cm³/mol. The number of nitrogens with zero attached hydrogens (tertiary/aromatic N) is 2. The molecule has 0 radical (unpaired) electrons. The first-order chi connectivity index (χ1) is 9.71. The van der Waals surface area contributed by atoms with Crippen molar-refractivity contribution in [2.75, 3.05) is 30.0 Å². The molecule has 0 saturated heterocycles. The molecule has 0 aromatic carbocycles. The van der Waals surface area contributed by atoms with E-state index in [2.05, 4.69) is 40.7 Å². The first kappa shape index (κ1) is 15.4. The van der Waals surface area contributed by atoms with E-state index in [0.717, 1.165) is 37.0 Å². The van der Waals surface area contributed by atoms with Gasteiger partial charge in [-0.1, -0.05) is 19.8 Å². The van der Waals surface area contributed by atoms with Gasteiger partial charge >= 0.3 is 0 Å². The Kier molecular flexibility index (Phi) is 5.52. The Hall–Kier alpha value is -0.970. The fourth-order valence-electron chi connectivity index (χ4n) is 2.74. The lowest BCUT2D eigenvalue weighted by Gasteiger charge is -2.27. The molecule has 20 heavy (non-hydrogen) atoms. The molecular formula is C15H26N4S. The smallest absolute Gasteiger partial charge is 0.132 e. The molecule has 0 aliphatic heterocycles. The largest absolute Gasteiger partial charge is 0.370 e. The maximum Gasteiger partial charge on any atom is 0.132 e. The van der Waals surface area contributed by atoms with Gasteiger partial charge < -0.3 is 10.6 Å². The molecular weight excluding hydrogens is 268 g/mol. The number of thioether (sulfide) groups is 1. The fraction of sp³-hybridized carbons (Fsp3) is 0.733. The van der Waals surface area contributed by atoms with Crippen LogP contribution >= 0.6 is 11.8 Å². The number of aromatic nitrogens is 2. The van der Waals surface area contributed by atoms with E-state index in [4.69, 9.17) is 0 Å². The normalized spacial score (nSPS) is 17.1. The van der Waals surface area contributed by atoms with Crippen LogP contribution in [0.3, 0.4) is 0 Å². The molecule has 1 aromatic heterocycles. The van der Waals surface area contributed by atoms with Gasteiger partial charge in [-0.05, 0) is 26.0 Å². The maximum absolute atomic E-state index is 4.59. The quantitative estimate of drug-likeness (QED) is 0.805. The third-order valence-electron chi connectivity index (χ3n) is 3.99. The zero-order valence-electron chi connectivity index (χ0n) is 12.8. The Labute approximate surface area is 126 Å². The molecule has 0 spiro atoms. The summed E-state index contributed by atoms with van der Waals surface area (Å²) in [5.41, 5.74) is 0. The molecule has 0 bridgehead atoms. The van der Waals surface area contributed by atoms with Gasteiger partial charge in [0.2, 0.25) is 0 Å². The summed E-state index contributed by atoms with van der Waals surface area (Å²) in [5.74, 6) is 2.77. The molecule has 1 aliphatic rings. The van der Waals surface area contributed by atoms with Crippen LogP contribution in [0, 0.1) is 0 Å². The van der Waals surface area contributed by atoms with Crippen molar-refractivity contribution < 1.29 is 0 Å². The number of hydrogen-bond acceptors (Lipinski definition) is 5. The Morgan fingerprint density at radius 3 is 2.35 bits per heavy atom. The summed E-state index contributed by atoms with van der Waals surface area (Å²) in [5, 5.41) is 6.82. The van der Waals surface area contributed by atoms with Gasteiger partial charge in [-0.2, -0.15) is 11.8 Å². The molecule has 4 nitrogen and oxygen atoms in total. The highest BCUT2D eigenvalue weighted by Gasteiger charge is 2.32. The summed E-state index contributed by atoms with van der Waals surface area (Å²) in [6.45, 7) is 6.06. The van der Waals surface area contributed by atoms with Crippen LogP contribution in [0.1, 0.15) is 45.4 Å². The Bertz CT molecular complexity index is 430. The van der Waals surface area contributed by atoms with Crippen LogP contribution in [0.4, 0.5) is 11.6 Å². The zero-order valence-corrected chi connectivity index (χ0v) is 13.6. The number of aryl methyl sites for hydroxylation is 1. The molecule has 0 unspecified atom stereocenters. The molecule has 2 rings (SSSR count). The van der Waals surface area contributed by atoms with Crippen LogP contribution in [0.25, 0.3) is 0 Å². The van der Waals surface area contributed by atoms with E-state index in [1.54, 1.807) is 0 Å². The monoisotopic (exact) mass is 294 g/mol. The van der Waals surface area contributed by atoms with E-state index >= 15 is 0 Å². The van der Waals surface area contributed by atoms with Gasteiger partial charge in [-0.3, -0.25) is 0 Å². The topological polar surface area (TPSA) is 49.8 Å². The molecule has 0 amide bonds. The van der Waals surface area contributed by atoms with Gasteiger partial charge in [-0.15, -0.1) is 0 Å². The van der Waals surface area contributed by atoms with Crippen molar-refractivity contribution in [3.63, 3.8) is 0 Å². The second kappa shape index (κ2) is 7.16. The highest BCUT2D eigenvalue weighted by Crippen LogP contribution is 2.40. The standard InChI is InChI=1S/C15H26N4S/c1-4-12-18-13(16-5-2)10-14(19-12)17-11-15(20-3)8-6-7-9-15/h10H,4-9,11H2,1-3H3,(H2,16,17,18,19). The van der Waals surface area contributed by atoms with Gasteiger partial charge in [0.25, 0.3) is 0 Å². The maximum atomic E-state index is 4.59. The third kappa shape index (κ3) is 3.78. The lowest BCUT2D eigenvalue weighted by atomic mass is 10.1. The van der Waals surface area contributed by atoms with E-state index < -0.39 is 0 Å². The van der Waals surface area contributed by atoms with Crippen LogP contribution in [0.15, 0.2) is 6.07 Å². The molecule has 112 valence electrons. The minimum atomic E-state index is 0.398. The minimum Gasteiger partial charge on any atom is -0.370 e. The van der Waals surface area contributed by atoms with Crippen molar-refractivity contribution in [3.05, 3.63) is 11.9 Å². The molecule has 5 heteroatoms. The summed E-state index contributed by atoms with van der Waals surface area (Å²) in [6, 6.07) is 2.02. The Balaban J connectivity index is 2.06. The van der Waals surface area contributed by atoms with Crippen LogP contribution in [0.2, 0.25) is 0 Å². The molecule has 1 saturated carbocycles. The summed E-state index contributed by atoms with van der Waals surface area (Å²) in [7, 11) is 0. The predicted octanol–water partition coefficient (Wildman–Crippen LogP) is 3.56. The lowest BCUT2D eigenvalue weighted by Crippen LogP contribution is -2.30. The molecule has 1 aliphatic carbocycles. The Morgan fingerprint density at radius 2 is 1.80 bits per heavy atom. The van der Waals surface area contributed by atoms with E-state index in [-0.39, 0.29) is 0 Å². The van der Waals surface area contributed by atoms with Gasteiger partial charge in [0.1, 0.15) is 17.5 Å². The fourth-order valence-corrected chi connectivity index (χ4v) is 3.65. The van der Waals surface area contributed by atoms with Gasteiger partial charge in [-0.25, -0.2) is 9.97 Å². The highest BCUT2D eigenvalue weighted by atomic mass is 32.2. The number of rotatable bonds is 7. The van der Waals surface area contributed by atoms with Crippen LogP contribution < -0.4 is 10.6 Å². The van der Waals surface area contributed by atoms with E-state index in [0.29, 0.717) is 4.75 Å². The van der Waals surface area contributed by atoms with Gasteiger partial charge in [0.05, 0.1) is 0 Å². The van der Waals surface area contributed by atoms with E-state index in [1.807, 2.05) is 17.8 Å². The second-order valence-electron chi connectivity index (χ2n) is 5.39. The lowest BCUT2D eigenvalue weighted by molar-refractivity contribution is 0.638. The van der Waals surface area contributed by atoms with Gasteiger partial charge in [0.15, 0.2) is 0 Å². The molecule has 1 aromatic rings. The summed E-state index contributed by atoms with van der Waals surface area (Å²) >= 11 is 2.00. The van der Waals surface area contributed by atoms with Gasteiger partial charge in [0, 0.05) is 30.3 Å².